The van der Waals surface area contributed by atoms with Crippen LogP contribution in [0.3, 0.4) is 0 Å². The molecule has 5 nitrogen and oxygen atoms in total. The summed E-state index contributed by atoms with van der Waals surface area (Å²) in [5.74, 6) is 0.187. The summed E-state index contributed by atoms with van der Waals surface area (Å²) < 4.78 is 1.36. The molecule has 1 aromatic carbocycles. The SMILES string of the molecule is Cn1c(SCC(=O)c2ccc(Cl)cc2)n[nH]c1=O. The van der Waals surface area contributed by atoms with E-state index in [1.807, 2.05) is 0 Å². The van der Waals surface area contributed by atoms with Gasteiger partial charge in [0.05, 0.1) is 5.75 Å². The van der Waals surface area contributed by atoms with Crippen molar-refractivity contribution in [2.75, 3.05) is 5.75 Å². The number of ketones is 1. The number of benzene rings is 1. The van der Waals surface area contributed by atoms with Gasteiger partial charge in [0.2, 0.25) is 0 Å². The van der Waals surface area contributed by atoms with E-state index in [9.17, 15) is 9.59 Å². The molecule has 0 amide bonds. The third kappa shape index (κ3) is 2.83. The van der Waals surface area contributed by atoms with Crippen molar-refractivity contribution in [3.05, 3.63) is 45.3 Å². The van der Waals surface area contributed by atoms with E-state index >= 15 is 0 Å². The molecule has 0 aliphatic rings. The summed E-state index contributed by atoms with van der Waals surface area (Å²) in [6.07, 6.45) is 0. The fourth-order valence-corrected chi connectivity index (χ4v) is 2.25. The zero-order valence-electron chi connectivity index (χ0n) is 9.51. The molecule has 7 heteroatoms. The minimum absolute atomic E-state index is 0.0351. The third-order valence-electron chi connectivity index (χ3n) is 2.34. The second kappa shape index (κ2) is 5.41. The zero-order valence-corrected chi connectivity index (χ0v) is 11.1. The molecule has 0 fully saturated rings. The van der Waals surface area contributed by atoms with Gasteiger partial charge in [0.25, 0.3) is 0 Å². The number of nitrogens with zero attached hydrogens (tertiary/aromatic N) is 2. The van der Waals surface area contributed by atoms with Gasteiger partial charge in [-0.05, 0) is 24.3 Å². The van der Waals surface area contributed by atoms with E-state index in [0.29, 0.717) is 15.7 Å². The number of nitrogens with one attached hydrogen (secondary N) is 1. The number of Topliss-reactive ketones (excluding diaryl/α,β-unsaturated/α-hetero) is 1. The van der Waals surface area contributed by atoms with Gasteiger partial charge in [0.1, 0.15) is 0 Å². The lowest BCUT2D eigenvalue weighted by molar-refractivity contribution is 0.102. The molecule has 0 radical (unpaired) electrons. The fraction of sp³-hybridized carbons (Fsp3) is 0.182. The molecule has 0 spiro atoms. The molecule has 2 aromatic rings. The average molecular weight is 284 g/mol. The molecule has 0 saturated heterocycles. The number of hydrogen-bond donors (Lipinski definition) is 1. The summed E-state index contributed by atoms with van der Waals surface area (Å²) in [4.78, 5) is 23.0. The summed E-state index contributed by atoms with van der Waals surface area (Å²) in [6, 6.07) is 6.69. The Bertz CT molecular complexity index is 618. The van der Waals surface area contributed by atoms with Crippen LogP contribution in [-0.4, -0.2) is 26.3 Å². The highest BCUT2D eigenvalue weighted by molar-refractivity contribution is 7.99. The van der Waals surface area contributed by atoms with Crippen molar-refractivity contribution in [2.45, 2.75) is 5.16 Å². The van der Waals surface area contributed by atoms with Crippen LogP contribution in [0.25, 0.3) is 0 Å². The molecule has 0 unspecified atom stereocenters. The summed E-state index contributed by atoms with van der Waals surface area (Å²) in [6.45, 7) is 0. The maximum Gasteiger partial charge on any atom is 0.343 e. The molecule has 94 valence electrons. The van der Waals surface area contributed by atoms with Gasteiger partial charge in [0.15, 0.2) is 10.9 Å². The highest BCUT2D eigenvalue weighted by Crippen LogP contribution is 2.16. The van der Waals surface area contributed by atoms with Crippen LogP contribution in [0.15, 0.2) is 34.2 Å². The quantitative estimate of drug-likeness (QED) is 0.685. The fourth-order valence-electron chi connectivity index (χ4n) is 1.31. The molecule has 0 aliphatic heterocycles. The van der Waals surface area contributed by atoms with E-state index in [2.05, 4.69) is 10.2 Å². The van der Waals surface area contributed by atoms with E-state index in [1.54, 1.807) is 31.3 Å². The smallest absolute Gasteiger partial charge is 0.293 e. The van der Waals surface area contributed by atoms with Gasteiger partial charge in [0, 0.05) is 17.6 Å². The van der Waals surface area contributed by atoms with E-state index in [1.165, 1.54) is 16.3 Å². The predicted octanol–water partition coefficient (Wildman–Crippen LogP) is 1.74. The van der Waals surface area contributed by atoms with Gasteiger partial charge in [-0.15, -0.1) is 5.10 Å². The van der Waals surface area contributed by atoms with Crippen LogP contribution in [0.2, 0.25) is 5.02 Å². The molecular formula is C11H10ClN3O2S. The topological polar surface area (TPSA) is 67.8 Å². The Hall–Kier alpha value is -1.53. The number of carbonyl (C=O) groups excluding carboxylic acids is 1. The van der Waals surface area contributed by atoms with Crippen molar-refractivity contribution in [1.82, 2.24) is 14.8 Å². The molecular weight excluding hydrogens is 274 g/mol. The molecule has 1 aromatic heterocycles. The van der Waals surface area contributed by atoms with Crippen LogP contribution < -0.4 is 5.69 Å². The van der Waals surface area contributed by atoms with E-state index in [0.717, 1.165) is 0 Å². The highest BCUT2D eigenvalue weighted by Gasteiger charge is 2.10. The molecule has 2 rings (SSSR count). The Morgan fingerprint density at radius 3 is 2.67 bits per heavy atom. The van der Waals surface area contributed by atoms with Crippen molar-refractivity contribution in [1.29, 1.82) is 0 Å². The van der Waals surface area contributed by atoms with Gasteiger partial charge < -0.3 is 0 Å². The lowest BCUT2D eigenvalue weighted by atomic mass is 10.1. The molecule has 0 aliphatic carbocycles. The second-order valence-corrected chi connectivity index (χ2v) is 4.97. The first kappa shape index (κ1) is 12.9. The number of hydrogen-bond acceptors (Lipinski definition) is 4. The van der Waals surface area contributed by atoms with Gasteiger partial charge in [-0.25, -0.2) is 9.89 Å². The number of aromatic nitrogens is 3. The minimum atomic E-state index is -0.295. The Kier molecular flexibility index (Phi) is 3.88. The monoisotopic (exact) mass is 283 g/mol. The first-order valence-corrected chi connectivity index (χ1v) is 6.47. The summed E-state index contributed by atoms with van der Waals surface area (Å²) in [5, 5.41) is 7.21. The second-order valence-electron chi connectivity index (χ2n) is 3.59. The first-order valence-electron chi connectivity index (χ1n) is 5.11. The van der Waals surface area contributed by atoms with Crippen LogP contribution in [-0.2, 0) is 7.05 Å². The average Bonchev–Trinajstić information content (AvgIpc) is 2.68. The van der Waals surface area contributed by atoms with E-state index < -0.39 is 0 Å². The largest absolute Gasteiger partial charge is 0.343 e. The van der Waals surface area contributed by atoms with Crippen molar-refractivity contribution >= 4 is 29.1 Å². The normalized spacial score (nSPS) is 10.6. The van der Waals surface area contributed by atoms with Gasteiger partial charge >= 0.3 is 5.69 Å². The van der Waals surface area contributed by atoms with E-state index in [-0.39, 0.29) is 17.2 Å². The molecule has 0 bridgehead atoms. The number of thioether (sulfide) groups is 1. The first-order chi connectivity index (χ1) is 8.58. The number of halogens is 1. The highest BCUT2D eigenvalue weighted by atomic mass is 35.5. The molecule has 1 heterocycles. The molecule has 0 saturated carbocycles. The number of aromatic amines is 1. The van der Waals surface area contributed by atoms with Gasteiger partial charge in [-0.3, -0.25) is 9.36 Å². The van der Waals surface area contributed by atoms with Crippen LogP contribution in [0, 0.1) is 0 Å². The summed E-state index contributed by atoms with van der Waals surface area (Å²) in [5.41, 5.74) is 0.295. The third-order valence-corrected chi connectivity index (χ3v) is 3.62. The summed E-state index contributed by atoms with van der Waals surface area (Å²) >= 11 is 6.96. The van der Waals surface area contributed by atoms with Gasteiger partial charge in [-0.2, -0.15) is 0 Å². The predicted molar refractivity (Wildman–Crippen MR) is 70.3 cm³/mol. The van der Waals surface area contributed by atoms with Crippen LogP contribution in [0.5, 0.6) is 0 Å². The van der Waals surface area contributed by atoms with E-state index in [4.69, 9.17) is 11.6 Å². The number of rotatable bonds is 4. The summed E-state index contributed by atoms with van der Waals surface area (Å²) in [7, 11) is 1.60. The Morgan fingerprint density at radius 1 is 1.44 bits per heavy atom. The maximum atomic E-state index is 11.9. The van der Waals surface area contributed by atoms with Crippen LogP contribution in [0.4, 0.5) is 0 Å². The Balaban J connectivity index is 2.02. The Morgan fingerprint density at radius 2 is 2.11 bits per heavy atom. The van der Waals surface area contributed by atoms with Gasteiger partial charge in [-0.1, -0.05) is 23.4 Å². The maximum absolute atomic E-state index is 11.9. The van der Waals surface area contributed by atoms with Crippen molar-refractivity contribution in [3.8, 4) is 0 Å². The van der Waals surface area contributed by atoms with Crippen molar-refractivity contribution in [3.63, 3.8) is 0 Å². The molecule has 1 N–H and O–H groups in total. The van der Waals surface area contributed by atoms with Crippen LogP contribution >= 0.6 is 23.4 Å². The number of H-pyrrole nitrogens is 1. The lowest BCUT2D eigenvalue weighted by Crippen LogP contribution is -2.13. The lowest BCUT2D eigenvalue weighted by Gasteiger charge is -2.00. The Labute approximate surface area is 112 Å². The molecule has 0 atom stereocenters. The van der Waals surface area contributed by atoms with Crippen molar-refractivity contribution in [2.24, 2.45) is 7.05 Å². The van der Waals surface area contributed by atoms with Crippen molar-refractivity contribution < 1.29 is 4.79 Å². The minimum Gasteiger partial charge on any atom is -0.293 e. The molecule has 18 heavy (non-hydrogen) atoms. The zero-order chi connectivity index (χ0) is 13.1. The number of carbonyl (C=O) groups is 1. The standard InChI is InChI=1S/C11H10ClN3O2S/c1-15-10(17)13-14-11(15)18-6-9(16)7-2-4-8(12)5-3-7/h2-5H,6H2,1H3,(H,13,17). The van der Waals surface area contributed by atoms with Crippen LogP contribution in [0.1, 0.15) is 10.4 Å².